The first-order valence-electron chi connectivity index (χ1n) is 8.69. The zero-order chi connectivity index (χ0) is 18.3. The van der Waals surface area contributed by atoms with Gasteiger partial charge in [-0.1, -0.05) is 34.6 Å². The predicted octanol–water partition coefficient (Wildman–Crippen LogP) is 2.61. The molecule has 24 heavy (non-hydrogen) atoms. The van der Waals surface area contributed by atoms with Crippen LogP contribution in [0.2, 0.25) is 0 Å². The van der Waals surface area contributed by atoms with E-state index in [0.29, 0.717) is 24.4 Å². The van der Waals surface area contributed by atoms with Crippen LogP contribution in [0, 0.1) is 5.92 Å². The van der Waals surface area contributed by atoms with Crippen molar-refractivity contribution < 1.29 is 4.42 Å². The van der Waals surface area contributed by atoms with Gasteiger partial charge in [-0.3, -0.25) is 4.99 Å². The van der Waals surface area contributed by atoms with Crippen LogP contribution in [0.15, 0.2) is 15.6 Å². The van der Waals surface area contributed by atoms with Crippen molar-refractivity contribution in [2.75, 3.05) is 27.7 Å². The first-order valence-corrected chi connectivity index (χ1v) is 8.69. The Morgan fingerprint density at radius 1 is 1.29 bits per heavy atom. The van der Waals surface area contributed by atoms with E-state index in [2.05, 4.69) is 74.2 Å². The van der Waals surface area contributed by atoms with Crippen molar-refractivity contribution in [3.8, 4) is 0 Å². The summed E-state index contributed by atoms with van der Waals surface area (Å²) in [5.41, 5.74) is -0.0268. The summed E-state index contributed by atoms with van der Waals surface area (Å²) < 4.78 is 5.79. The molecule has 0 radical (unpaired) electrons. The Bertz CT molecular complexity index is 514. The first kappa shape index (κ1) is 20.5. The number of rotatable bonds is 7. The fourth-order valence-corrected chi connectivity index (χ4v) is 2.35. The van der Waals surface area contributed by atoms with Crippen molar-refractivity contribution in [3.63, 3.8) is 0 Å². The van der Waals surface area contributed by atoms with Crippen LogP contribution in [-0.2, 0) is 12.0 Å². The molecule has 2 N–H and O–H groups in total. The molecule has 0 saturated heterocycles. The minimum absolute atomic E-state index is 0.0268. The molecule has 6 heteroatoms. The fourth-order valence-electron chi connectivity index (χ4n) is 2.35. The number of aromatic nitrogens is 1. The maximum Gasteiger partial charge on any atom is 0.213 e. The Balaban J connectivity index is 2.52. The standard InChI is InChI=1S/C18H35N5O/c1-13(2)9-14(23(7)8)10-21-17(19-6)22-12-16-20-11-15(24-16)18(3,4)5/h11,13-14H,9-10,12H2,1-8H3,(H2,19,21,22). The van der Waals surface area contributed by atoms with Gasteiger partial charge in [-0.2, -0.15) is 0 Å². The molecule has 138 valence electrons. The predicted molar refractivity (Wildman–Crippen MR) is 100 cm³/mol. The number of hydrogen-bond acceptors (Lipinski definition) is 4. The third-order valence-corrected chi connectivity index (χ3v) is 3.90. The highest BCUT2D eigenvalue weighted by Gasteiger charge is 2.19. The quantitative estimate of drug-likeness (QED) is 0.591. The average Bonchev–Trinajstić information content (AvgIpc) is 2.94. The molecule has 6 nitrogen and oxygen atoms in total. The van der Waals surface area contributed by atoms with Crippen LogP contribution < -0.4 is 10.6 Å². The smallest absolute Gasteiger partial charge is 0.213 e. The molecule has 1 unspecified atom stereocenters. The monoisotopic (exact) mass is 337 g/mol. The molecule has 0 aliphatic rings. The summed E-state index contributed by atoms with van der Waals surface area (Å²) in [5, 5.41) is 6.65. The Labute approximate surface area is 147 Å². The minimum Gasteiger partial charge on any atom is -0.443 e. The summed E-state index contributed by atoms with van der Waals surface area (Å²) in [4.78, 5) is 10.9. The van der Waals surface area contributed by atoms with Crippen molar-refractivity contribution in [1.29, 1.82) is 0 Å². The molecule has 1 rings (SSSR count). The second-order valence-electron chi connectivity index (χ2n) is 7.92. The third kappa shape index (κ3) is 6.91. The topological polar surface area (TPSA) is 65.7 Å². The molecule has 0 aromatic carbocycles. The lowest BCUT2D eigenvalue weighted by molar-refractivity contribution is 0.254. The average molecular weight is 338 g/mol. The lowest BCUT2D eigenvalue weighted by atomic mass is 9.94. The highest BCUT2D eigenvalue weighted by atomic mass is 16.4. The van der Waals surface area contributed by atoms with E-state index in [-0.39, 0.29) is 5.41 Å². The number of oxazole rings is 1. The molecule has 0 fully saturated rings. The van der Waals surface area contributed by atoms with Gasteiger partial charge < -0.3 is 20.0 Å². The van der Waals surface area contributed by atoms with Gasteiger partial charge in [-0.25, -0.2) is 4.98 Å². The number of guanidine groups is 1. The van der Waals surface area contributed by atoms with Crippen LogP contribution in [0.4, 0.5) is 0 Å². The number of nitrogens with zero attached hydrogens (tertiary/aromatic N) is 3. The van der Waals surface area contributed by atoms with Crippen molar-refractivity contribution in [2.45, 2.75) is 59.0 Å². The van der Waals surface area contributed by atoms with E-state index >= 15 is 0 Å². The van der Waals surface area contributed by atoms with E-state index in [0.717, 1.165) is 24.7 Å². The normalized spacial score (nSPS) is 14.3. The Morgan fingerprint density at radius 2 is 1.96 bits per heavy atom. The summed E-state index contributed by atoms with van der Waals surface area (Å²) in [6.45, 7) is 12.2. The van der Waals surface area contributed by atoms with Crippen LogP contribution in [-0.4, -0.2) is 49.6 Å². The van der Waals surface area contributed by atoms with Gasteiger partial charge in [-0.15, -0.1) is 0 Å². The van der Waals surface area contributed by atoms with Gasteiger partial charge in [0.05, 0.1) is 12.7 Å². The van der Waals surface area contributed by atoms with Gasteiger partial charge in [0.2, 0.25) is 5.89 Å². The number of nitrogens with one attached hydrogen (secondary N) is 2. The SMILES string of the molecule is CN=C(NCc1ncc(C(C)(C)C)o1)NCC(CC(C)C)N(C)C. The van der Waals surface area contributed by atoms with Gasteiger partial charge in [0, 0.05) is 25.0 Å². The number of aliphatic imine (C=N–C) groups is 1. The van der Waals surface area contributed by atoms with E-state index in [1.54, 1.807) is 13.2 Å². The second-order valence-corrected chi connectivity index (χ2v) is 7.92. The largest absolute Gasteiger partial charge is 0.443 e. The molecule has 0 amide bonds. The number of hydrogen-bond donors (Lipinski definition) is 2. The van der Waals surface area contributed by atoms with E-state index < -0.39 is 0 Å². The van der Waals surface area contributed by atoms with E-state index in [4.69, 9.17) is 4.42 Å². The summed E-state index contributed by atoms with van der Waals surface area (Å²) in [7, 11) is 6.01. The molecule has 1 heterocycles. The maximum absolute atomic E-state index is 5.79. The molecule has 0 aliphatic heterocycles. The molecule has 1 atom stereocenters. The zero-order valence-electron chi connectivity index (χ0n) is 16.6. The molecule has 0 spiro atoms. The minimum atomic E-state index is -0.0268. The molecule has 0 saturated carbocycles. The van der Waals surface area contributed by atoms with Gasteiger partial charge in [0.25, 0.3) is 0 Å². The van der Waals surface area contributed by atoms with Crippen LogP contribution in [0.1, 0.15) is 52.7 Å². The summed E-state index contributed by atoms with van der Waals surface area (Å²) in [5.74, 6) is 3.00. The first-order chi connectivity index (χ1) is 11.1. The Hall–Kier alpha value is -1.56. The van der Waals surface area contributed by atoms with Gasteiger partial charge in [0.15, 0.2) is 5.96 Å². The van der Waals surface area contributed by atoms with Crippen LogP contribution in [0.5, 0.6) is 0 Å². The van der Waals surface area contributed by atoms with Crippen molar-refractivity contribution >= 4 is 5.96 Å². The van der Waals surface area contributed by atoms with Crippen LogP contribution in [0.25, 0.3) is 0 Å². The molecule has 1 aromatic heterocycles. The van der Waals surface area contributed by atoms with Crippen LogP contribution >= 0.6 is 0 Å². The van der Waals surface area contributed by atoms with Crippen molar-refractivity contribution in [2.24, 2.45) is 10.9 Å². The summed E-state index contributed by atoms with van der Waals surface area (Å²) >= 11 is 0. The van der Waals surface area contributed by atoms with E-state index in [9.17, 15) is 0 Å². The lowest BCUT2D eigenvalue weighted by Gasteiger charge is -2.27. The zero-order valence-corrected chi connectivity index (χ0v) is 16.6. The van der Waals surface area contributed by atoms with Crippen molar-refractivity contribution in [1.82, 2.24) is 20.5 Å². The highest BCUT2D eigenvalue weighted by Crippen LogP contribution is 2.22. The van der Waals surface area contributed by atoms with Gasteiger partial charge in [0.1, 0.15) is 5.76 Å². The molecular formula is C18H35N5O. The van der Waals surface area contributed by atoms with E-state index in [1.807, 2.05) is 0 Å². The van der Waals surface area contributed by atoms with Crippen molar-refractivity contribution in [3.05, 3.63) is 17.8 Å². The molecular weight excluding hydrogens is 302 g/mol. The summed E-state index contributed by atoms with van der Waals surface area (Å²) in [6, 6.07) is 0.470. The Kier molecular flexibility index (Phi) is 7.73. The molecule has 0 bridgehead atoms. The van der Waals surface area contributed by atoms with Gasteiger partial charge >= 0.3 is 0 Å². The molecule has 1 aromatic rings. The number of likely N-dealkylation sites (N-methyl/N-ethyl adjacent to an activating group) is 1. The summed E-state index contributed by atoms with van der Waals surface area (Å²) in [6.07, 6.45) is 2.95. The highest BCUT2D eigenvalue weighted by molar-refractivity contribution is 5.79. The van der Waals surface area contributed by atoms with Crippen LogP contribution in [0.3, 0.4) is 0 Å². The second kappa shape index (κ2) is 9.06. The third-order valence-electron chi connectivity index (χ3n) is 3.90. The van der Waals surface area contributed by atoms with E-state index in [1.165, 1.54) is 0 Å². The molecule has 0 aliphatic carbocycles. The Morgan fingerprint density at radius 3 is 2.42 bits per heavy atom. The fraction of sp³-hybridized carbons (Fsp3) is 0.778. The lowest BCUT2D eigenvalue weighted by Crippen LogP contribution is -2.45. The maximum atomic E-state index is 5.79. The van der Waals surface area contributed by atoms with Gasteiger partial charge in [-0.05, 0) is 26.4 Å².